The summed E-state index contributed by atoms with van der Waals surface area (Å²) < 4.78 is 0. The SMILES string of the molecule is CCNC(=NCCN1CCCCCC1)NCCc1ccc(Cl)nc1.I. The third-order valence-electron chi connectivity index (χ3n) is 4.22. The first kappa shape index (κ1) is 22.4. The van der Waals surface area contributed by atoms with Crippen molar-refractivity contribution in [2.75, 3.05) is 39.3 Å². The Morgan fingerprint density at radius 1 is 1.20 bits per heavy atom. The molecule has 142 valence electrons. The fourth-order valence-electron chi connectivity index (χ4n) is 2.88. The molecule has 0 amide bonds. The van der Waals surface area contributed by atoms with Gasteiger partial charge in [0.25, 0.3) is 0 Å². The molecule has 2 rings (SSSR count). The summed E-state index contributed by atoms with van der Waals surface area (Å²) in [6.45, 7) is 8.15. The van der Waals surface area contributed by atoms with Crippen LogP contribution in [0, 0.1) is 0 Å². The van der Waals surface area contributed by atoms with Crippen LogP contribution in [0.1, 0.15) is 38.2 Å². The molecule has 1 aromatic heterocycles. The number of nitrogens with zero attached hydrogens (tertiary/aromatic N) is 3. The van der Waals surface area contributed by atoms with Crippen LogP contribution in [0.2, 0.25) is 5.15 Å². The number of aliphatic imine (C=N–C) groups is 1. The molecule has 7 heteroatoms. The van der Waals surface area contributed by atoms with Crippen molar-refractivity contribution in [3.05, 3.63) is 29.0 Å². The molecule has 1 saturated heterocycles. The van der Waals surface area contributed by atoms with Crippen molar-refractivity contribution >= 4 is 41.5 Å². The predicted molar refractivity (Wildman–Crippen MR) is 117 cm³/mol. The number of nitrogens with one attached hydrogen (secondary N) is 2. The van der Waals surface area contributed by atoms with E-state index in [9.17, 15) is 0 Å². The van der Waals surface area contributed by atoms with Crippen molar-refractivity contribution in [3.8, 4) is 0 Å². The van der Waals surface area contributed by atoms with Crippen LogP contribution in [0.25, 0.3) is 0 Å². The third kappa shape index (κ3) is 9.61. The van der Waals surface area contributed by atoms with Gasteiger partial charge in [0.1, 0.15) is 5.15 Å². The van der Waals surface area contributed by atoms with Gasteiger partial charge in [-0.1, -0.05) is 30.5 Å². The zero-order chi connectivity index (χ0) is 17.0. The smallest absolute Gasteiger partial charge is 0.191 e. The Hall–Kier alpha value is -0.600. The molecule has 0 radical (unpaired) electrons. The lowest BCUT2D eigenvalue weighted by atomic mass is 10.2. The Balaban J connectivity index is 0.00000312. The van der Waals surface area contributed by atoms with Gasteiger partial charge in [0, 0.05) is 25.8 Å². The van der Waals surface area contributed by atoms with Gasteiger partial charge in [-0.05, 0) is 50.9 Å². The maximum Gasteiger partial charge on any atom is 0.191 e. The second-order valence-corrected chi connectivity index (χ2v) is 6.57. The van der Waals surface area contributed by atoms with Crippen LogP contribution in [0.4, 0.5) is 0 Å². The topological polar surface area (TPSA) is 52.6 Å². The van der Waals surface area contributed by atoms with E-state index in [4.69, 9.17) is 16.6 Å². The van der Waals surface area contributed by atoms with Crippen LogP contribution in [0.5, 0.6) is 0 Å². The molecular formula is C18H31ClIN5. The Morgan fingerprint density at radius 2 is 1.96 bits per heavy atom. The molecule has 0 atom stereocenters. The Labute approximate surface area is 174 Å². The van der Waals surface area contributed by atoms with Crippen molar-refractivity contribution in [2.45, 2.75) is 39.0 Å². The molecule has 1 fully saturated rings. The first-order valence-electron chi connectivity index (χ1n) is 9.13. The van der Waals surface area contributed by atoms with Crippen molar-refractivity contribution in [2.24, 2.45) is 4.99 Å². The summed E-state index contributed by atoms with van der Waals surface area (Å²) in [7, 11) is 0. The maximum absolute atomic E-state index is 5.81. The molecule has 25 heavy (non-hydrogen) atoms. The second kappa shape index (κ2) is 13.6. The molecular weight excluding hydrogens is 449 g/mol. The van der Waals surface area contributed by atoms with E-state index in [0.29, 0.717) is 5.15 Å². The number of halogens is 2. The minimum Gasteiger partial charge on any atom is -0.357 e. The number of likely N-dealkylation sites (tertiary alicyclic amines) is 1. The first-order chi connectivity index (χ1) is 11.8. The summed E-state index contributed by atoms with van der Waals surface area (Å²) in [6.07, 6.45) is 8.15. The molecule has 1 aliphatic rings. The quantitative estimate of drug-likeness (QED) is 0.273. The fraction of sp³-hybridized carbons (Fsp3) is 0.667. The third-order valence-corrected chi connectivity index (χ3v) is 4.45. The van der Waals surface area contributed by atoms with Crippen molar-refractivity contribution in [1.29, 1.82) is 0 Å². The number of aromatic nitrogens is 1. The van der Waals surface area contributed by atoms with Gasteiger partial charge < -0.3 is 15.5 Å². The van der Waals surface area contributed by atoms with Gasteiger partial charge in [-0.2, -0.15) is 0 Å². The summed E-state index contributed by atoms with van der Waals surface area (Å²) in [5, 5.41) is 7.24. The highest BCUT2D eigenvalue weighted by Gasteiger charge is 2.08. The summed E-state index contributed by atoms with van der Waals surface area (Å²) >= 11 is 5.81. The van der Waals surface area contributed by atoms with E-state index in [-0.39, 0.29) is 24.0 Å². The number of hydrogen-bond donors (Lipinski definition) is 2. The van der Waals surface area contributed by atoms with Gasteiger partial charge in [0.2, 0.25) is 0 Å². The average molecular weight is 480 g/mol. The molecule has 2 heterocycles. The molecule has 2 N–H and O–H groups in total. The van der Waals surface area contributed by atoms with Gasteiger partial charge in [-0.25, -0.2) is 4.98 Å². The standard InChI is InChI=1S/C18H30ClN5.HI/c1-2-20-18(21-10-9-16-7-8-17(19)23-15-16)22-11-14-24-12-5-3-4-6-13-24;/h7-8,15H,2-6,9-14H2,1H3,(H2,20,21,22);1H. The molecule has 5 nitrogen and oxygen atoms in total. The van der Waals surface area contributed by atoms with Crippen molar-refractivity contribution in [1.82, 2.24) is 20.5 Å². The normalized spacial score (nSPS) is 16.0. The fourth-order valence-corrected chi connectivity index (χ4v) is 3.00. The Kier molecular flexibility index (Phi) is 12.2. The molecule has 1 aliphatic heterocycles. The van der Waals surface area contributed by atoms with Crippen molar-refractivity contribution < 1.29 is 0 Å². The largest absolute Gasteiger partial charge is 0.357 e. The highest BCUT2D eigenvalue weighted by atomic mass is 127. The van der Waals surface area contributed by atoms with Gasteiger partial charge in [-0.3, -0.25) is 4.99 Å². The second-order valence-electron chi connectivity index (χ2n) is 6.18. The molecule has 0 saturated carbocycles. The van der Waals surface area contributed by atoms with Crippen LogP contribution in [0.15, 0.2) is 23.3 Å². The van der Waals surface area contributed by atoms with E-state index >= 15 is 0 Å². The lowest BCUT2D eigenvalue weighted by Gasteiger charge is -2.19. The van der Waals surface area contributed by atoms with Gasteiger partial charge in [0.15, 0.2) is 5.96 Å². The van der Waals surface area contributed by atoms with E-state index < -0.39 is 0 Å². The minimum atomic E-state index is 0. The number of hydrogen-bond acceptors (Lipinski definition) is 3. The van der Waals surface area contributed by atoms with Crippen LogP contribution < -0.4 is 10.6 Å². The van der Waals surface area contributed by atoms with Gasteiger partial charge >= 0.3 is 0 Å². The van der Waals surface area contributed by atoms with E-state index in [1.165, 1.54) is 44.3 Å². The summed E-state index contributed by atoms with van der Waals surface area (Å²) in [5.41, 5.74) is 1.17. The van der Waals surface area contributed by atoms with Gasteiger partial charge in [0.05, 0.1) is 6.54 Å². The van der Waals surface area contributed by atoms with Gasteiger partial charge in [-0.15, -0.1) is 24.0 Å². The number of rotatable bonds is 7. The molecule has 0 aromatic carbocycles. The van der Waals surface area contributed by atoms with E-state index in [2.05, 4.69) is 27.4 Å². The highest BCUT2D eigenvalue weighted by molar-refractivity contribution is 14.0. The zero-order valence-electron chi connectivity index (χ0n) is 15.1. The predicted octanol–water partition coefficient (Wildman–Crippen LogP) is 3.33. The maximum atomic E-state index is 5.81. The summed E-state index contributed by atoms with van der Waals surface area (Å²) in [6, 6.07) is 3.85. The van der Waals surface area contributed by atoms with Crippen LogP contribution in [-0.4, -0.2) is 55.1 Å². The zero-order valence-corrected chi connectivity index (χ0v) is 18.2. The number of guanidine groups is 1. The highest BCUT2D eigenvalue weighted by Crippen LogP contribution is 2.09. The Morgan fingerprint density at radius 3 is 2.60 bits per heavy atom. The first-order valence-corrected chi connectivity index (χ1v) is 9.50. The summed E-state index contributed by atoms with van der Waals surface area (Å²) in [5.74, 6) is 0.897. The lowest BCUT2D eigenvalue weighted by molar-refractivity contribution is 0.293. The number of pyridine rings is 1. The van der Waals surface area contributed by atoms with E-state index in [1.807, 2.05) is 18.3 Å². The molecule has 1 aromatic rings. The molecule has 0 unspecified atom stereocenters. The van der Waals surface area contributed by atoms with Crippen LogP contribution in [0.3, 0.4) is 0 Å². The minimum absolute atomic E-state index is 0. The van der Waals surface area contributed by atoms with E-state index in [1.54, 1.807) is 0 Å². The van der Waals surface area contributed by atoms with Crippen molar-refractivity contribution in [3.63, 3.8) is 0 Å². The molecule has 0 spiro atoms. The Bertz CT molecular complexity index is 487. The van der Waals surface area contributed by atoms with Crippen LogP contribution >= 0.6 is 35.6 Å². The van der Waals surface area contributed by atoms with Crippen LogP contribution in [-0.2, 0) is 6.42 Å². The monoisotopic (exact) mass is 479 g/mol. The molecule has 0 bridgehead atoms. The molecule has 0 aliphatic carbocycles. The lowest BCUT2D eigenvalue weighted by Crippen LogP contribution is -2.39. The van der Waals surface area contributed by atoms with E-state index in [0.717, 1.165) is 38.6 Å². The summed E-state index contributed by atoms with van der Waals surface area (Å²) in [4.78, 5) is 11.3. The average Bonchev–Trinajstić information content (AvgIpc) is 2.85.